The van der Waals surface area contributed by atoms with Crippen molar-refractivity contribution in [3.63, 3.8) is 0 Å². The molecule has 13 heavy (non-hydrogen) atoms. The van der Waals surface area contributed by atoms with Crippen molar-refractivity contribution in [2.24, 2.45) is 0 Å². The number of amides is 1. The first-order chi connectivity index (χ1) is 6.34. The highest BCUT2D eigenvalue weighted by molar-refractivity contribution is 5.76. The summed E-state index contributed by atoms with van der Waals surface area (Å²) in [6.45, 7) is 4.07. The molecule has 1 amide bonds. The molecule has 0 bridgehead atoms. The average Bonchev–Trinajstić information content (AvgIpc) is 2.65. The van der Waals surface area contributed by atoms with Crippen LogP contribution in [0.2, 0.25) is 0 Å². The molecule has 2 nitrogen and oxygen atoms in total. The third-order valence-corrected chi connectivity index (χ3v) is 2.39. The molecule has 0 radical (unpaired) electrons. The molecule has 0 aromatic rings. The Morgan fingerprint density at radius 1 is 1.31 bits per heavy atom. The fourth-order valence-electron chi connectivity index (χ4n) is 1.62. The summed E-state index contributed by atoms with van der Waals surface area (Å²) in [6, 6.07) is 0. The van der Waals surface area contributed by atoms with Crippen molar-refractivity contribution in [3.8, 4) is 0 Å². The second-order valence-corrected chi connectivity index (χ2v) is 3.51. The van der Waals surface area contributed by atoms with Crippen LogP contribution in [0.15, 0.2) is 12.2 Å². The molecule has 1 saturated heterocycles. The van der Waals surface area contributed by atoms with E-state index in [-0.39, 0.29) is 0 Å². The summed E-state index contributed by atoms with van der Waals surface area (Å²) in [4.78, 5) is 13.5. The van der Waals surface area contributed by atoms with E-state index in [1.165, 1.54) is 12.8 Å². The third-order valence-electron chi connectivity index (χ3n) is 2.39. The van der Waals surface area contributed by atoms with E-state index < -0.39 is 0 Å². The van der Waals surface area contributed by atoms with E-state index in [0.29, 0.717) is 12.3 Å². The molecule has 2 heteroatoms. The molecular weight excluding hydrogens is 162 g/mol. The first kappa shape index (κ1) is 10.3. The van der Waals surface area contributed by atoms with Crippen molar-refractivity contribution in [3.05, 3.63) is 12.2 Å². The van der Waals surface area contributed by atoms with Crippen molar-refractivity contribution in [2.75, 3.05) is 13.1 Å². The summed E-state index contributed by atoms with van der Waals surface area (Å²) >= 11 is 0. The number of likely N-dealkylation sites (tertiary alicyclic amines) is 1. The van der Waals surface area contributed by atoms with Gasteiger partial charge in [0.1, 0.15) is 0 Å². The molecule has 1 fully saturated rings. The predicted octanol–water partition coefficient (Wildman–Crippen LogP) is 2.36. The lowest BCUT2D eigenvalue weighted by atomic mass is 10.2. The monoisotopic (exact) mass is 181 g/mol. The minimum Gasteiger partial charge on any atom is -0.343 e. The number of hydrogen-bond donors (Lipinski definition) is 0. The van der Waals surface area contributed by atoms with E-state index in [1.54, 1.807) is 0 Å². The summed E-state index contributed by atoms with van der Waals surface area (Å²) in [5.74, 6) is 0.332. The van der Waals surface area contributed by atoms with E-state index in [4.69, 9.17) is 0 Å². The van der Waals surface area contributed by atoms with Gasteiger partial charge in [0.25, 0.3) is 0 Å². The van der Waals surface area contributed by atoms with E-state index in [1.807, 2.05) is 4.90 Å². The topological polar surface area (TPSA) is 20.3 Å². The van der Waals surface area contributed by atoms with Gasteiger partial charge in [0.2, 0.25) is 5.91 Å². The van der Waals surface area contributed by atoms with Crippen molar-refractivity contribution in [1.82, 2.24) is 4.90 Å². The van der Waals surface area contributed by atoms with E-state index in [2.05, 4.69) is 19.1 Å². The van der Waals surface area contributed by atoms with Gasteiger partial charge in [-0.05, 0) is 25.7 Å². The van der Waals surface area contributed by atoms with Crippen LogP contribution in [0.4, 0.5) is 0 Å². The second kappa shape index (κ2) is 5.79. The van der Waals surface area contributed by atoms with Crippen LogP contribution < -0.4 is 0 Å². The zero-order valence-electron chi connectivity index (χ0n) is 8.46. The Kier molecular flexibility index (Phi) is 4.58. The number of carbonyl (C=O) groups excluding carboxylic acids is 1. The SMILES string of the molecule is CC/C=C/CCC(=O)N1CCCC1. The van der Waals surface area contributed by atoms with Crippen molar-refractivity contribution < 1.29 is 4.79 Å². The number of carbonyl (C=O) groups is 1. The lowest BCUT2D eigenvalue weighted by Gasteiger charge is -2.13. The number of nitrogens with zero attached hydrogens (tertiary/aromatic N) is 1. The zero-order valence-corrected chi connectivity index (χ0v) is 8.46. The number of allylic oxidation sites excluding steroid dienone is 2. The normalized spacial score (nSPS) is 17.2. The van der Waals surface area contributed by atoms with Crippen LogP contribution in [0.25, 0.3) is 0 Å². The summed E-state index contributed by atoms with van der Waals surface area (Å²) in [6.07, 6.45) is 9.27. The Labute approximate surface area is 80.6 Å². The maximum Gasteiger partial charge on any atom is 0.222 e. The fourth-order valence-corrected chi connectivity index (χ4v) is 1.62. The molecule has 0 atom stereocenters. The smallest absolute Gasteiger partial charge is 0.222 e. The van der Waals surface area contributed by atoms with Crippen LogP contribution in [0.3, 0.4) is 0 Å². The van der Waals surface area contributed by atoms with Gasteiger partial charge in [0.15, 0.2) is 0 Å². The van der Waals surface area contributed by atoms with Crippen molar-refractivity contribution in [1.29, 1.82) is 0 Å². The molecule has 1 rings (SSSR count). The first-order valence-electron chi connectivity index (χ1n) is 5.27. The van der Waals surface area contributed by atoms with Gasteiger partial charge < -0.3 is 4.90 Å². The Morgan fingerprint density at radius 3 is 2.62 bits per heavy atom. The van der Waals surface area contributed by atoms with Crippen LogP contribution in [-0.4, -0.2) is 23.9 Å². The highest BCUT2D eigenvalue weighted by Gasteiger charge is 2.16. The van der Waals surface area contributed by atoms with Crippen LogP contribution in [0, 0.1) is 0 Å². The molecule has 74 valence electrons. The van der Waals surface area contributed by atoms with Crippen LogP contribution >= 0.6 is 0 Å². The highest BCUT2D eigenvalue weighted by Crippen LogP contribution is 2.09. The van der Waals surface area contributed by atoms with Gasteiger partial charge in [0, 0.05) is 19.5 Å². The van der Waals surface area contributed by atoms with Gasteiger partial charge in [-0.3, -0.25) is 4.79 Å². The largest absolute Gasteiger partial charge is 0.343 e. The quantitative estimate of drug-likeness (QED) is 0.610. The maximum atomic E-state index is 11.5. The lowest BCUT2D eigenvalue weighted by Crippen LogP contribution is -2.26. The van der Waals surface area contributed by atoms with Gasteiger partial charge in [-0.2, -0.15) is 0 Å². The van der Waals surface area contributed by atoms with Gasteiger partial charge >= 0.3 is 0 Å². The van der Waals surface area contributed by atoms with Crippen LogP contribution in [0.5, 0.6) is 0 Å². The Hall–Kier alpha value is -0.790. The standard InChI is InChI=1S/C11H19NO/c1-2-3-4-5-8-11(13)12-9-6-7-10-12/h3-4H,2,5-10H2,1H3/b4-3+. The van der Waals surface area contributed by atoms with Gasteiger partial charge in [0.05, 0.1) is 0 Å². The molecule has 1 aliphatic rings. The fraction of sp³-hybridized carbons (Fsp3) is 0.727. The summed E-state index contributed by atoms with van der Waals surface area (Å²) in [5.41, 5.74) is 0. The van der Waals surface area contributed by atoms with Crippen LogP contribution in [-0.2, 0) is 4.79 Å². The first-order valence-corrected chi connectivity index (χ1v) is 5.27. The molecule has 1 heterocycles. The molecule has 0 aromatic carbocycles. The maximum absolute atomic E-state index is 11.5. The molecule has 0 aromatic heterocycles. The second-order valence-electron chi connectivity index (χ2n) is 3.51. The van der Waals surface area contributed by atoms with Gasteiger partial charge in [-0.1, -0.05) is 19.1 Å². The van der Waals surface area contributed by atoms with E-state index in [9.17, 15) is 4.79 Å². The summed E-state index contributed by atoms with van der Waals surface area (Å²) in [5, 5.41) is 0. The highest BCUT2D eigenvalue weighted by atomic mass is 16.2. The number of hydrogen-bond acceptors (Lipinski definition) is 1. The van der Waals surface area contributed by atoms with Crippen molar-refractivity contribution in [2.45, 2.75) is 39.0 Å². The summed E-state index contributed by atoms with van der Waals surface area (Å²) < 4.78 is 0. The minimum absolute atomic E-state index is 0.332. The third kappa shape index (κ3) is 3.62. The molecule has 1 aliphatic heterocycles. The lowest BCUT2D eigenvalue weighted by molar-refractivity contribution is -0.130. The molecule has 0 spiro atoms. The summed E-state index contributed by atoms with van der Waals surface area (Å²) in [7, 11) is 0. The molecule has 0 N–H and O–H groups in total. The van der Waals surface area contributed by atoms with E-state index >= 15 is 0 Å². The van der Waals surface area contributed by atoms with Gasteiger partial charge in [-0.15, -0.1) is 0 Å². The molecule has 0 aliphatic carbocycles. The Balaban J connectivity index is 2.13. The Morgan fingerprint density at radius 2 is 2.00 bits per heavy atom. The number of rotatable bonds is 4. The average molecular weight is 181 g/mol. The van der Waals surface area contributed by atoms with E-state index in [0.717, 1.165) is 25.9 Å². The molecule has 0 saturated carbocycles. The zero-order chi connectivity index (χ0) is 9.52. The molecular formula is C11H19NO. The van der Waals surface area contributed by atoms with Crippen LogP contribution in [0.1, 0.15) is 39.0 Å². The van der Waals surface area contributed by atoms with Crippen molar-refractivity contribution >= 4 is 5.91 Å². The molecule has 0 unspecified atom stereocenters. The minimum atomic E-state index is 0.332. The van der Waals surface area contributed by atoms with Gasteiger partial charge in [-0.25, -0.2) is 0 Å². The Bertz CT molecular complexity index is 181. The predicted molar refractivity (Wildman–Crippen MR) is 54.5 cm³/mol.